The van der Waals surface area contributed by atoms with Crippen LogP contribution >= 0.6 is 11.6 Å². The number of alkyl halides is 1. The molecule has 0 radical (unpaired) electrons. The summed E-state index contributed by atoms with van der Waals surface area (Å²) in [7, 11) is -1.98. The molecule has 0 amide bonds. The maximum Gasteiger partial charge on any atom is 0.264 e. The van der Waals surface area contributed by atoms with Crippen LogP contribution in [0.4, 0.5) is 5.69 Å². The van der Waals surface area contributed by atoms with Gasteiger partial charge in [-0.2, -0.15) is 0 Å². The molecule has 0 fully saturated rings. The zero-order valence-electron chi connectivity index (χ0n) is 10.5. The molecule has 3 nitrogen and oxygen atoms in total. The summed E-state index contributed by atoms with van der Waals surface area (Å²) in [6, 6.07) is 15.6. The van der Waals surface area contributed by atoms with E-state index in [0.29, 0.717) is 11.6 Å². The van der Waals surface area contributed by atoms with E-state index in [2.05, 4.69) is 0 Å². The number of hydrogen-bond donors (Lipinski definition) is 0. The second-order valence-electron chi connectivity index (χ2n) is 4.09. The van der Waals surface area contributed by atoms with E-state index < -0.39 is 10.0 Å². The Morgan fingerprint density at radius 1 is 1.00 bits per heavy atom. The Hall–Kier alpha value is -1.52. The number of rotatable bonds is 4. The number of sulfonamides is 1. The van der Waals surface area contributed by atoms with Crippen molar-refractivity contribution in [2.45, 2.75) is 10.8 Å². The topological polar surface area (TPSA) is 37.4 Å². The number of benzene rings is 2. The lowest BCUT2D eigenvalue weighted by Gasteiger charge is -2.19. The van der Waals surface area contributed by atoms with Crippen LogP contribution in [-0.4, -0.2) is 15.5 Å². The monoisotopic (exact) mass is 295 g/mol. The summed E-state index contributed by atoms with van der Waals surface area (Å²) in [4.78, 5) is 0.257. The van der Waals surface area contributed by atoms with Gasteiger partial charge in [-0.25, -0.2) is 8.42 Å². The molecule has 0 bridgehead atoms. The molecule has 0 aliphatic carbocycles. The van der Waals surface area contributed by atoms with Gasteiger partial charge in [0, 0.05) is 12.9 Å². The third-order valence-corrected chi connectivity index (χ3v) is 4.96. The van der Waals surface area contributed by atoms with Crippen molar-refractivity contribution in [3.63, 3.8) is 0 Å². The van der Waals surface area contributed by atoms with Crippen LogP contribution in [0.15, 0.2) is 59.5 Å². The molecule has 0 aliphatic heterocycles. The lowest BCUT2D eigenvalue weighted by atomic mass is 10.2. The Morgan fingerprint density at radius 3 is 2.11 bits per heavy atom. The van der Waals surface area contributed by atoms with Crippen molar-refractivity contribution >= 4 is 27.3 Å². The van der Waals surface area contributed by atoms with E-state index in [9.17, 15) is 8.42 Å². The average molecular weight is 296 g/mol. The number of hydrogen-bond acceptors (Lipinski definition) is 2. The molecule has 19 heavy (non-hydrogen) atoms. The van der Waals surface area contributed by atoms with Crippen molar-refractivity contribution in [1.29, 1.82) is 0 Å². The van der Waals surface area contributed by atoms with Crippen molar-refractivity contribution < 1.29 is 8.42 Å². The Bertz CT molecular complexity index is 639. The summed E-state index contributed by atoms with van der Waals surface area (Å²) >= 11 is 5.69. The number of nitrogens with zero attached hydrogens (tertiary/aromatic N) is 1. The molecule has 100 valence electrons. The SMILES string of the molecule is CN(c1ccccc1)S(=O)(=O)c1ccc(CCl)cc1. The Morgan fingerprint density at radius 2 is 1.58 bits per heavy atom. The molecule has 0 heterocycles. The fraction of sp³-hybridized carbons (Fsp3) is 0.143. The number of anilines is 1. The minimum absolute atomic E-state index is 0.257. The standard InChI is InChI=1S/C14H14ClNO2S/c1-16(13-5-3-2-4-6-13)19(17,18)14-9-7-12(11-15)8-10-14/h2-10H,11H2,1H3. The molecule has 0 saturated heterocycles. The van der Waals surface area contributed by atoms with Crippen LogP contribution in [0.5, 0.6) is 0 Å². The third kappa shape index (κ3) is 2.91. The minimum atomic E-state index is -3.53. The molecule has 0 aliphatic rings. The van der Waals surface area contributed by atoms with Gasteiger partial charge in [-0.1, -0.05) is 30.3 Å². The van der Waals surface area contributed by atoms with Crippen molar-refractivity contribution in [1.82, 2.24) is 0 Å². The lowest BCUT2D eigenvalue weighted by molar-refractivity contribution is 0.594. The van der Waals surface area contributed by atoms with Gasteiger partial charge in [0.05, 0.1) is 10.6 Å². The predicted molar refractivity (Wildman–Crippen MR) is 78.0 cm³/mol. The first-order chi connectivity index (χ1) is 9.05. The van der Waals surface area contributed by atoms with Crippen molar-refractivity contribution in [3.05, 3.63) is 60.2 Å². The van der Waals surface area contributed by atoms with E-state index in [1.54, 1.807) is 55.6 Å². The summed E-state index contributed by atoms with van der Waals surface area (Å²) in [6.07, 6.45) is 0. The molecule has 0 atom stereocenters. The second-order valence-corrected chi connectivity index (χ2v) is 6.32. The van der Waals surface area contributed by atoms with Gasteiger partial charge in [-0.15, -0.1) is 11.6 Å². The Kier molecular flexibility index (Phi) is 4.12. The molecule has 0 N–H and O–H groups in total. The van der Waals surface area contributed by atoms with Gasteiger partial charge in [0.15, 0.2) is 0 Å². The molecule has 5 heteroatoms. The van der Waals surface area contributed by atoms with Crippen LogP contribution < -0.4 is 4.31 Å². The largest absolute Gasteiger partial charge is 0.269 e. The fourth-order valence-electron chi connectivity index (χ4n) is 1.69. The molecule has 0 spiro atoms. The van der Waals surface area contributed by atoms with Crippen LogP contribution in [0.25, 0.3) is 0 Å². The fourth-order valence-corrected chi connectivity index (χ4v) is 3.06. The molecular formula is C14H14ClNO2S. The molecular weight excluding hydrogens is 282 g/mol. The third-order valence-electron chi connectivity index (χ3n) is 2.86. The molecule has 0 unspecified atom stereocenters. The summed E-state index contributed by atoms with van der Waals surface area (Å²) < 4.78 is 26.1. The van der Waals surface area contributed by atoms with E-state index in [0.717, 1.165) is 5.56 Å². The van der Waals surface area contributed by atoms with Crippen molar-refractivity contribution in [3.8, 4) is 0 Å². The summed E-state index contributed by atoms with van der Waals surface area (Å²) in [6.45, 7) is 0. The zero-order valence-corrected chi connectivity index (χ0v) is 12.0. The van der Waals surface area contributed by atoms with Crippen LogP contribution in [-0.2, 0) is 15.9 Å². The smallest absolute Gasteiger partial charge is 0.264 e. The Labute approximate surface area is 118 Å². The van der Waals surface area contributed by atoms with E-state index >= 15 is 0 Å². The molecule has 2 aromatic rings. The van der Waals surface area contributed by atoms with Gasteiger partial charge < -0.3 is 0 Å². The zero-order chi connectivity index (χ0) is 13.9. The van der Waals surface area contributed by atoms with Gasteiger partial charge >= 0.3 is 0 Å². The van der Waals surface area contributed by atoms with E-state index in [1.807, 2.05) is 6.07 Å². The molecule has 2 rings (SSSR count). The van der Waals surface area contributed by atoms with Crippen molar-refractivity contribution in [2.24, 2.45) is 0 Å². The minimum Gasteiger partial charge on any atom is -0.269 e. The maximum absolute atomic E-state index is 12.4. The first-order valence-electron chi connectivity index (χ1n) is 5.74. The average Bonchev–Trinajstić information content (AvgIpc) is 2.47. The highest BCUT2D eigenvalue weighted by Gasteiger charge is 2.20. The van der Waals surface area contributed by atoms with Gasteiger partial charge in [0.1, 0.15) is 0 Å². The molecule has 0 saturated carbocycles. The Balaban J connectivity index is 2.36. The van der Waals surface area contributed by atoms with Crippen LogP contribution in [0.2, 0.25) is 0 Å². The van der Waals surface area contributed by atoms with Crippen LogP contribution in [0.1, 0.15) is 5.56 Å². The van der Waals surface area contributed by atoms with E-state index in [4.69, 9.17) is 11.6 Å². The van der Waals surface area contributed by atoms with Crippen LogP contribution in [0.3, 0.4) is 0 Å². The normalized spacial score (nSPS) is 11.3. The molecule has 2 aromatic carbocycles. The van der Waals surface area contributed by atoms with Gasteiger partial charge in [0.25, 0.3) is 10.0 Å². The van der Waals surface area contributed by atoms with Crippen LogP contribution in [0, 0.1) is 0 Å². The first kappa shape index (κ1) is 13.9. The quantitative estimate of drug-likeness (QED) is 0.812. The highest BCUT2D eigenvalue weighted by molar-refractivity contribution is 7.92. The van der Waals surface area contributed by atoms with Gasteiger partial charge in [0.2, 0.25) is 0 Å². The highest BCUT2D eigenvalue weighted by Crippen LogP contribution is 2.22. The number of para-hydroxylation sites is 1. The summed E-state index contributed by atoms with van der Waals surface area (Å²) in [5, 5.41) is 0. The summed E-state index contributed by atoms with van der Waals surface area (Å²) in [5.74, 6) is 0.370. The predicted octanol–water partition coefficient (Wildman–Crippen LogP) is 3.25. The van der Waals surface area contributed by atoms with E-state index in [1.165, 1.54) is 4.31 Å². The lowest BCUT2D eigenvalue weighted by Crippen LogP contribution is -2.26. The highest BCUT2D eigenvalue weighted by atomic mass is 35.5. The van der Waals surface area contributed by atoms with E-state index in [-0.39, 0.29) is 4.90 Å². The van der Waals surface area contributed by atoms with Crippen molar-refractivity contribution in [2.75, 3.05) is 11.4 Å². The maximum atomic E-state index is 12.4. The second kappa shape index (κ2) is 5.63. The number of halogens is 1. The molecule has 0 aromatic heterocycles. The van der Waals surface area contributed by atoms with Gasteiger partial charge in [-0.05, 0) is 29.8 Å². The van der Waals surface area contributed by atoms with Gasteiger partial charge in [-0.3, -0.25) is 4.31 Å². The first-order valence-corrected chi connectivity index (χ1v) is 7.72. The summed E-state index contributed by atoms with van der Waals surface area (Å²) in [5.41, 5.74) is 1.52.